The molecule has 96 valence electrons. The number of methoxy groups -OCH3 is 2. The van der Waals surface area contributed by atoms with Gasteiger partial charge in [0.1, 0.15) is 16.9 Å². The number of rotatable bonds is 5. The van der Waals surface area contributed by atoms with E-state index in [2.05, 4.69) is 0 Å². The highest BCUT2D eigenvalue weighted by Crippen LogP contribution is 2.49. The summed E-state index contributed by atoms with van der Waals surface area (Å²) in [7, 11) is 2.95. The number of carbonyl (C=O) groups excluding carboxylic acids is 1. The third-order valence-electron chi connectivity index (χ3n) is 3.25. The van der Waals surface area contributed by atoms with Crippen molar-refractivity contribution < 1.29 is 24.2 Å². The Bertz CT molecular complexity index is 502. The maximum absolute atomic E-state index is 12.2. The van der Waals surface area contributed by atoms with Gasteiger partial charge in [0.15, 0.2) is 5.78 Å². The minimum Gasteiger partial charge on any atom is -0.497 e. The molecule has 1 aliphatic rings. The lowest BCUT2D eigenvalue weighted by Crippen LogP contribution is -2.26. The maximum Gasteiger partial charge on any atom is 0.317 e. The van der Waals surface area contributed by atoms with E-state index in [0.717, 1.165) is 0 Å². The topological polar surface area (TPSA) is 72.8 Å². The summed E-state index contributed by atoms with van der Waals surface area (Å²) in [5, 5.41) is 9.11. The summed E-state index contributed by atoms with van der Waals surface area (Å²) in [5.41, 5.74) is -0.958. The quantitative estimate of drug-likeness (QED) is 0.636. The summed E-state index contributed by atoms with van der Waals surface area (Å²) >= 11 is 0. The van der Waals surface area contributed by atoms with Crippen molar-refractivity contribution in [1.29, 1.82) is 0 Å². The third kappa shape index (κ3) is 1.81. The maximum atomic E-state index is 12.2. The number of benzene rings is 1. The van der Waals surface area contributed by atoms with Crippen molar-refractivity contribution in [3.8, 4) is 11.5 Å². The van der Waals surface area contributed by atoms with Crippen molar-refractivity contribution in [2.45, 2.75) is 12.8 Å². The van der Waals surface area contributed by atoms with Gasteiger partial charge in [-0.15, -0.1) is 0 Å². The van der Waals surface area contributed by atoms with Gasteiger partial charge in [-0.3, -0.25) is 9.59 Å². The largest absolute Gasteiger partial charge is 0.497 e. The average Bonchev–Trinajstić information content (AvgIpc) is 3.18. The highest BCUT2D eigenvalue weighted by atomic mass is 16.5. The summed E-state index contributed by atoms with van der Waals surface area (Å²) in [6, 6.07) is 4.74. The lowest BCUT2D eigenvalue weighted by Gasteiger charge is -2.13. The van der Waals surface area contributed by atoms with Gasteiger partial charge in [-0.05, 0) is 25.0 Å². The molecule has 5 nitrogen and oxygen atoms in total. The molecule has 0 unspecified atom stereocenters. The summed E-state index contributed by atoms with van der Waals surface area (Å²) < 4.78 is 10.2. The van der Waals surface area contributed by atoms with Crippen molar-refractivity contribution in [2.24, 2.45) is 5.41 Å². The van der Waals surface area contributed by atoms with E-state index in [9.17, 15) is 9.59 Å². The van der Waals surface area contributed by atoms with Crippen molar-refractivity contribution >= 4 is 11.8 Å². The van der Waals surface area contributed by atoms with Crippen LogP contribution in [-0.2, 0) is 4.79 Å². The van der Waals surface area contributed by atoms with Gasteiger partial charge in [0.25, 0.3) is 0 Å². The molecule has 1 fully saturated rings. The molecule has 0 saturated heterocycles. The van der Waals surface area contributed by atoms with Crippen molar-refractivity contribution in [2.75, 3.05) is 14.2 Å². The minimum atomic E-state index is -1.25. The number of hydrogen-bond donors (Lipinski definition) is 1. The predicted octanol–water partition coefficient (Wildman–Crippen LogP) is 1.75. The van der Waals surface area contributed by atoms with E-state index >= 15 is 0 Å². The van der Waals surface area contributed by atoms with E-state index in [4.69, 9.17) is 14.6 Å². The first-order chi connectivity index (χ1) is 8.55. The number of carboxylic acid groups (broad SMARTS) is 1. The Hall–Kier alpha value is -2.04. The van der Waals surface area contributed by atoms with Gasteiger partial charge in [0.2, 0.25) is 0 Å². The van der Waals surface area contributed by atoms with E-state index in [1.807, 2.05) is 0 Å². The summed E-state index contributed by atoms with van der Waals surface area (Å²) in [4.78, 5) is 23.4. The molecule has 18 heavy (non-hydrogen) atoms. The number of ether oxygens (including phenoxy) is 2. The van der Waals surface area contributed by atoms with Gasteiger partial charge in [-0.2, -0.15) is 0 Å². The lowest BCUT2D eigenvalue weighted by atomic mass is 9.94. The number of Topliss-reactive ketones (excluding diaryl/α,β-unsaturated/α-hetero) is 1. The van der Waals surface area contributed by atoms with E-state index in [1.165, 1.54) is 14.2 Å². The van der Waals surface area contributed by atoms with Crippen molar-refractivity contribution in [1.82, 2.24) is 0 Å². The standard InChI is InChI=1S/C13H14O5/c1-17-8-3-4-9(10(7-8)18-2)11(14)13(5-6-13)12(15)16/h3-4,7H,5-6H2,1-2H3,(H,15,16). The van der Waals surface area contributed by atoms with Crippen LogP contribution in [0, 0.1) is 5.41 Å². The number of aliphatic carboxylic acids is 1. The average molecular weight is 250 g/mol. The highest BCUT2D eigenvalue weighted by molar-refractivity contribution is 6.15. The Morgan fingerprint density at radius 1 is 1.22 bits per heavy atom. The van der Waals surface area contributed by atoms with Crippen molar-refractivity contribution in [3.63, 3.8) is 0 Å². The molecule has 0 aromatic heterocycles. The van der Waals surface area contributed by atoms with E-state index < -0.39 is 17.2 Å². The van der Waals surface area contributed by atoms with Crippen LogP contribution < -0.4 is 9.47 Å². The van der Waals surface area contributed by atoms with Gasteiger partial charge in [0.05, 0.1) is 19.8 Å². The summed E-state index contributed by atoms with van der Waals surface area (Å²) in [5.74, 6) is -0.560. The monoisotopic (exact) mass is 250 g/mol. The summed E-state index contributed by atoms with van der Waals surface area (Å²) in [6.45, 7) is 0. The Balaban J connectivity index is 2.39. The zero-order chi connectivity index (χ0) is 13.3. The first-order valence-corrected chi connectivity index (χ1v) is 5.55. The molecule has 1 aromatic rings. The van der Waals surface area contributed by atoms with Crippen LogP contribution in [0.15, 0.2) is 18.2 Å². The second-order valence-electron chi connectivity index (χ2n) is 4.28. The molecule has 0 heterocycles. The zero-order valence-corrected chi connectivity index (χ0v) is 10.2. The van der Waals surface area contributed by atoms with Gasteiger partial charge in [0, 0.05) is 6.07 Å². The van der Waals surface area contributed by atoms with E-state index in [0.29, 0.717) is 29.9 Å². The Morgan fingerprint density at radius 2 is 1.89 bits per heavy atom. The van der Waals surface area contributed by atoms with Crippen LogP contribution in [0.4, 0.5) is 0 Å². The van der Waals surface area contributed by atoms with Gasteiger partial charge in [-0.25, -0.2) is 0 Å². The van der Waals surface area contributed by atoms with Crippen LogP contribution in [0.3, 0.4) is 0 Å². The number of carboxylic acids is 1. The zero-order valence-electron chi connectivity index (χ0n) is 10.2. The highest BCUT2D eigenvalue weighted by Gasteiger charge is 2.57. The first kappa shape index (κ1) is 12.4. The fourth-order valence-electron chi connectivity index (χ4n) is 1.91. The lowest BCUT2D eigenvalue weighted by molar-refractivity contribution is -0.141. The molecular weight excluding hydrogens is 236 g/mol. The minimum absolute atomic E-state index is 0.290. The SMILES string of the molecule is COc1ccc(C(=O)C2(C(=O)O)CC2)c(OC)c1. The first-order valence-electron chi connectivity index (χ1n) is 5.55. The summed E-state index contributed by atoms with van der Waals surface area (Å²) in [6.07, 6.45) is 0.771. The molecule has 1 aliphatic carbocycles. The molecule has 2 rings (SSSR count). The van der Waals surface area contributed by atoms with Crippen LogP contribution in [0.1, 0.15) is 23.2 Å². The molecule has 0 aliphatic heterocycles. The molecule has 5 heteroatoms. The molecule has 1 saturated carbocycles. The van der Waals surface area contributed by atoms with Crippen LogP contribution in [0.25, 0.3) is 0 Å². The number of ketones is 1. The second-order valence-corrected chi connectivity index (χ2v) is 4.28. The van der Waals surface area contributed by atoms with E-state index in [1.54, 1.807) is 18.2 Å². The fraction of sp³-hybridized carbons (Fsp3) is 0.385. The number of hydrogen-bond acceptors (Lipinski definition) is 4. The van der Waals surface area contributed by atoms with Gasteiger partial charge >= 0.3 is 5.97 Å². The Kier molecular flexibility index (Phi) is 2.98. The fourth-order valence-corrected chi connectivity index (χ4v) is 1.91. The molecule has 0 amide bonds. The van der Waals surface area contributed by atoms with Crippen LogP contribution in [0.2, 0.25) is 0 Å². The molecule has 0 atom stereocenters. The molecule has 0 bridgehead atoms. The smallest absolute Gasteiger partial charge is 0.317 e. The van der Waals surface area contributed by atoms with Crippen molar-refractivity contribution in [3.05, 3.63) is 23.8 Å². The molecule has 0 radical (unpaired) electrons. The second kappa shape index (κ2) is 4.33. The predicted molar refractivity (Wildman–Crippen MR) is 63.2 cm³/mol. The van der Waals surface area contributed by atoms with Gasteiger partial charge < -0.3 is 14.6 Å². The Morgan fingerprint density at radius 3 is 2.33 bits per heavy atom. The molecule has 1 N–H and O–H groups in total. The Labute approximate surface area is 104 Å². The van der Waals surface area contributed by atoms with Crippen LogP contribution >= 0.6 is 0 Å². The third-order valence-corrected chi connectivity index (χ3v) is 3.25. The number of carbonyl (C=O) groups is 2. The molecule has 0 spiro atoms. The molecule has 1 aromatic carbocycles. The van der Waals surface area contributed by atoms with E-state index in [-0.39, 0.29) is 0 Å². The van der Waals surface area contributed by atoms with Crippen LogP contribution in [-0.4, -0.2) is 31.1 Å². The normalized spacial score (nSPS) is 15.9. The van der Waals surface area contributed by atoms with Gasteiger partial charge in [-0.1, -0.05) is 0 Å². The molecular formula is C13H14O5. The van der Waals surface area contributed by atoms with Crippen LogP contribution in [0.5, 0.6) is 11.5 Å².